The second-order valence-corrected chi connectivity index (χ2v) is 7.48. The van der Waals surface area contributed by atoms with Gasteiger partial charge >= 0.3 is 0 Å². The van der Waals surface area contributed by atoms with Gasteiger partial charge in [0, 0.05) is 20.7 Å². The topological polar surface area (TPSA) is 43.4 Å². The van der Waals surface area contributed by atoms with Gasteiger partial charge in [-0.05, 0) is 48.9 Å². The van der Waals surface area contributed by atoms with Gasteiger partial charge in [0.1, 0.15) is 11.5 Å². The quantitative estimate of drug-likeness (QED) is 0.729. The number of benzene rings is 2. The molecule has 0 spiro atoms. The lowest BCUT2D eigenvalue weighted by atomic mass is 10.2. The van der Waals surface area contributed by atoms with Gasteiger partial charge in [0.15, 0.2) is 0 Å². The first kappa shape index (κ1) is 15.4. The second-order valence-electron chi connectivity index (χ2n) is 4.07. The number of hydrogen-bond acceptors (Lipinski definition) is 3. The van der Waals surface area contributed by atoms with Crippen molar-refractivity contribution in [1.82, 2.24) is 0 Å². The van der Waals surface area contributed by atoms with Crippen LogP contribution in [0.3, 0.4) is 0 Å². The van der Waals surface area contributed by atoms with E-state index in [0.29, 0.717) is 27.1 Å². The molecule has 0 aromatic heterocycles. The highest BCUT2D eigenvalue weighted by molar-refractivity contribution is 8.13. The smallest absolute Gasteiger partial charge is 0.261 e. The largest absolute Gasteiger partial charge is 0.457 e. The lowest BCUT2D eigenvalue weighted by Crippen LogP contribution is -1.95. The summed E-state index contributed by atoms with van der Waals surface area (Å²) in [6.07, 6.45) is 0. The van der Waals surface area contributed by atoms with Crippen molar-refractivity contribution >= 4 is 42.9 Å². The zero-order valence-electron chi connectivity index (χ0n) is 10.2. The Hall–Kier alpha value is -0.940. The van der Waals surface area contributed by atoms with Gasteiger partial charge in [-0.15, -0.1) is 0 Å². The van der Waals surface area contributed by atoms with Crippen LogP contribution in [0, 0.1) is 6.92 Å². The van der Waals surface area contributed by atoms with Crippen LogP contribution >= 0.6 is 33.9 Å². The molecule has 0 N–H and O–H groups in total. The Balaban J connectivity index is 2.33. The van der Waals surface area contributed by atoms with Gasteiger partial charge in [0.2, 0.25) is 0 Å². The Kier molecular flexibility index (Phi) is 4.49. The summed E-state index contributed by atoms with van der Waals surface area (Å²) in [4.78, 5) is 0.0515. The van der Waals surface area contributed by atoms with E-state index in [1.807, 2.05) is 0 Å². The third-order valence-electron chi connectivity index (χ3n) is 2.48. The Morgan fingerprint density at radius 2 is 1.55 bits per heavy atom. The minimum Gasteiger partial charge on any atom is -0.457 e. The predicted molar refractivity (Wildman–Crippen MR) is 80.8 cm³/mol. The summed E-state index contributed by atoms with van der Waals surface area (Å²) >= 11 is 11.7. The summed E-state index contributed by atoms with van der Waals surface area (Å²) in [6, 6.07) is 9.27. The molecular weight excluding hydrogens is 343 g/mol. The average Bonchev–Trinajstić information content (AvgIpc) is 2.25. The number of hydrogen-bond donors (Lipinski definition) is 0. The molecule has 0 saturated heterocycles. The molecule has 0 bridgehead atoms. The zero-order valence-corrected chi connectivity index (χ0v) is 13.3. The molecular formula is C13H9Cl3O3S. The van der Waals surface area contributed by atoms with E-state index in [1.165, 1.54) is 12.1 Å². The van der Waals surface area contributed by atoms with Crippen LogP contribution < -0.4 is 4.74 Å². The molecule has 2 aromatic rings. The first-order valence-corrected chi connectivity index (χ1v) is 8.51. The fraction of sp³-hybridized carbons (Fsp3) is 0.0769. The number of aryl methyl sites for hydroxylation is 1. The van der Waals surface area contributed by atoms with Gasteiger partial charge in [-0.3, -0.25) is 0 Å². The molecule has 20 heavy (non-hydrogen) atoms. The summed E-state index contributed by atoms with van der Waals surface area (Å²) in [6.45, 7) is 1.63. The molecule has 0 aliphatic carbocycles. The highest BCUT2D eigenvalue weighted by atomic mass is 35.7. The molecule has 2 rings (SSSR count). The summed E-state index contributed by atoms with van der Waals surface area (Å²) in [5.74, 6) is 0.924. The van der Waals surface area contributed by atoms with E-state index in [1.54, 1.807) is 31.2 Å². The normalized spacial score (nSPS) is 11.4. The maximum atomic E-state index is 11.3. The Labute approximate surface area is 131 Å². The van der Waals surface area contributed by atoms with Crippen LogP contribution in [0.15, 0.2) is 41.3 Å². The van der Waals surface area contributed by atoms with E-state index < -0.39 is 9.05 Å². The SMILES string of the molecule is Cc1cc(Oc2cc(Cl)cc(Cl)c2)ccc1S(=O)(=O)Cl. The average molecular weight is 352 g/mol. The summed E-state index contributed by atoms with van der Waals surface area (Å²) < 4.78 is 28.2. The third-order valence-corrected chi connectivity index (χ3v) is 4.40. The molecule has 0 aliphatic heterocycles. The van der Waals surface area contributed by atoms with Crippen LogP contribution in [0.1, 0.15) is 5.56 Å². The molecule has 0 atom stereocenters. The van der Waals surface area contributed by atoms with E-state index in [-0.39, 0.29) is 4.90 Å². The number of halogens is 3. The van der Waals surface area contributed by atoms with Crippen LogP contribution in [-0.4, -0.2) is 8.42 Å². The number of rotatable bonds is 3. The van der Waals surface area contributed by atoms with Crippen molar-refractivity contribution in [2.24, 2.45) is 0 Å². The molecule has 0 saturated carbocycles. The van der Waals surface area contributed by atoms with Crippen molar-refractivity contribution in [3.63, 3.8) is 0 Å². The van der Waals surface area contributed by atoms with Gasteiger partial charge in [-0.2, -0.15) is 0 Å². The van der Waals surface area contributed by atoms with Gasteiger partial charge in [0.05, 0.1) is 4.90 Å². The van der Waals surface area contributed by atoms with Gasteiger partial charge < -0.3 is 4.74 Å². The highest BCUT2D eigenvalue weighted by Gasteiger charge is 2.14. The van der Waals surface area contributed by atoms with Crippen molar-refractivity contribution in [3.8, 4) is 11.5 Å². The minimum atomic E-state index is -3.76. The maximum absolute atomic E-state index is 11.3. The van der Waals surface area contributed by atoms with Gasteiger partial charge in [-0.25, -0.2) is 8.42 Å². The molecule has 2 aromatic carbocycles. The van der Waals surface area contributed by atoms with E-state index in [9.17, 15) is 8.42 Å². The summed E-state index contributed by atoms with van der Waals surface area (Å²) in [5, 5.41) is 0.897. The first-order valence-electron chi connectivity index (χ1n) is 5.45. The maximum Gasteiger partial charge on any atom is 0.261 e. The van der Waals surface area contributed by atoms with Gasteiger partial charge in [-0.1, -0.05) is 23.2 Å². The van der Waals surface area contributed by atoms with Crippen LogP contribution in [0.25, 0.3) is 0 Å². The van der Waals surface area contributed by atoms with Crippen molar-refractivity contribution < 1.29 is 13.2 Å². The lowest BCUT2D eigenvalue weighted by molar-refractivity contribution is 0.482. The molecule has 7 heteroatoms. The van der Waals surface area contributed by atoms with Crippen molar-refractivity contribution in [3.05, 3.63) is 52.0 Å². The highest BCUT2D eigenvalue weighted by Crippen LogP contribution is 2.30. The predicted octanol–water partition coefficient (Wildman–Crippen LogP) is 5.02. The minimum absolute atomic E-state index is 0.0515. The monoisotopic (exact) mass is 350 g/mol. The first-order chi connectivity index (χ1) is 9.25. The zero-order chi connectivity index (χ0) is 14.9. The number of ether oxygens (including phenoxy) is 1. The van der Waals surface area contributed by atoms with Crippen molar-refractivity contribution in [2.45, 2.75) is 11.8 Å². The fourth-order valence-corrected chi connectivity index (χ4v) is 3.38. The standard InChI is InChI=1S/C13H9Cl3O3S/c1-8-4-11(2-3-13(8)20(16,17)18)19-12-6-9(14)5-10(15)7-12/h2-7H,1H3. The molecule has 0 radical (unpaired) electrons. The summed E-state index contributed by atoms with van der Waals surface area (Å²) in [5.41, 5.74) is 0.491. The molecule has 0 aliphatic rings. The van der Waals surface area contributed by atoms with Crippen LogP contribution in [0.5, 0.6) is 11.5 Å². The lowest BCUT2D eigenvalue weighted by Gasteiger charge is -2.09. The van der Waals surface area contributed by atoms with Gasteiger partial charge in [0.25, 0.3) is 9.05 Å². The summed E-state index contributed by atoms with van der Waals surface area (Å²) in [7, 11) is 1.55. The molecule has 106 valence electrons. The Bertz CT molecular complexity index is 737. The van der Waals surface area contributed by atoms with Crippen LogP contribution in [0.2, 0.25) is 10.0 Å². The van der Waals surface area contributed by atoms with Crippen molar-refractivity contribution in [1.29, 1.82) is 0 Å². The van der Waals surface area contributed by atoms with E-state index in [2.05, 4.69) is 0 Å². The molecule has 0 heterocycles. The van der Waals surface area contributed by atoms with E-state index >= 15 is 0 Å². The molecule has 0 fully saturated rings. The fourth-order valence-electron chi connectivity index (χ4n) is 1.68. The van der Waals surface area contributed by atoms with E-state index in [0.717, 1.165) is 0 Å². The molecule has 0 unspecified atom stereocenters. The van der Waals surface area contributed by atoms with Crippen LogP contribution in [-0.2, 0) is 9.05 Å². The van der Waals surface area contributed by atoms with E-state index in [4.69, 9.17) is 38.6 Å². The van der Waals surface area contributed by atoms with Crippen molar-refractivity contribution in [2.75, 3.05) is 0 Å². The third kappa shape index (κ3) is 3.79. The Morgan fingerprint density at radius 3 is 2.05 bits per heavy atom. The Morgan fingerprint density at radius 1 is 0.950 bits per heavy atom. The second kappa shape index (κ2) is 5.82. The van der Waals surface area contributed by atoms with Crippen LogP contribution in [0.4, 0.5) is 0 Å². The molecule has 3 nitrogen and oxygen atoms in total. The molecule has 0 amide bonds.